The van der Waals surface area contributed by atoms with Crippen LogP contribution in [0.5, 0.6) is 0 Å². The Bertz CT molecular complexity index is 349. The van der Waals surface area contributed by atoms with Gasteiger partial charge in [-0.15, -0.1) is 0 Å². The largest absolute Gasteiger partial charge is 0.0830 e. The predicted molar refractivity (Wildman–Crippen MR) is 64.8 cm³/mol. The minimum Gasteiger partial charge on any atom is -0.0830 e. The number of rotatable bonds is 3. The van der Waals surface area contributed by atoms with Gasteiger partial charge in [0.25, 0.3) is 0 Å². The van der Waals surface area contributed by atoms with Gasteiger partial charge < -0.3 is 0 Å². The zero-order valence-corrected chi connectivity index (χ0v) is 9.30. The molecular formula is C13H14P. The van der Waals surface area contributed by atoms with Crippen LogP contribution in [0.25, 0.3) is 0 Å². The van der Waals surface area contributed by atoms with Gasteiger partial charge in [0, 0.05) is 0 Å². The molecule has 1 aromatic rings. The standard InChI is InChI=1S/C13H14P/c1-2-6-12-9-10-13(14-12)11-7-4-3-5-8-11/h3-5,7-10H,2,6H2,1H3. The molecule has 0 saturated heterocycles. The molecule has 0 saturated carbocycles. The molecule has 0 aromatic heterocycles. The fraction of sp³-hybridized carbons (Fsp3) is 0.231. The first kappa shape index (κ1) is 9.68. The summed E-state index contributed by atoms with van der Waals surface area (Å²) in [6.07, 6.45) is 7.00. The molecule has 1 aromatic carbocycles. The smallest absolute Gasteiger partial charge is 0.0763 e. The van der Waals surface area contributed by atoms with Crippen molar-refractivity contribution >= 4 is 13.5 Å². The van der Waals surface area contributed by atoms with Crippen LogP contribution in [0.3, 0.4) is 0 Å². The molecule has 1 radical (unpaired) electrons. The number of benzene rings is 1. The second kappa shape index (κ2) is 4.57. The van der Waals surface area contributed by atoms with Crippen LogP contribution in [0, 0.1) is 5.66 Å². The Morgan fingerprint density at radius 1 is 1.07 bits per heavy atom. The van der Waals surface area contributed by atoms with Crippen molar-refractivity contribution in [3.63, 3.8) is 0 Å². The van der Waals surface area contributed by atoms with Crippen LogP contribution in [0.4, 0.5) is 0 Å². The summed E-state index contributed by atoms with van der Waals surface area (Å²) < 4.78 is 0. The van der Waals surface area contributed by atoms with E-state index in [1.54, 1.807) is 5.29 Å². The van der Waals surface area contributed by atoms with E-state index in [2.05, 4.69) is 49.4 Å². The fourth-order valence-corrected chi connectivity index (χ4v) is 2.79. The molecule has 71 valence electrons. The van der Waals surface area contributed by atoms with Crippen molar-refractivity contribution in [2.75, 3.05) is 0 Å². The van der Waals surface area contributed by atoms with E-state index in [4.69, 9.17) is 0 Å². The zero-order chi connectivity index (χ0) is 9.80. The molecule has 0 bridgehead atoms. The van der Waals surface area contributed by atoms with E-state index < -0.39 is 0 Å². The monoisotopic (exact) mass is 201 g/mol. The lowest BCUT2D eigenvalue weighted by atomic mass is 10.1. The molecule has 0 unspecified atom stereocenters. The number of allylic oxidation sites excluding steroid dienone is 2. The molecule has 1 aliphatic rings. The molecule has 0 spiro atoms. The van der Waals surface area contributed by atoms with Gasteiger partial charge in [0.05, 0.1) is 5.66 Å². The van der Waals surface area contributed by atoms with Gasteiger partial charge in [0.2, 0.25) is 0 Å². The van der Waals surface area contributed by atoms with Crippen LogP contribution < -0.4 is 0 Å². The molecule has 0 nitrogen and oxygen atoms in total. The SMILES string of the molecule is CCCC1=P[C](c2ccccc2)C=C1. The third-order valence-corrected chi connectivity index (χ3v) is 3.58. The predicted octanol–water partition coefficient (Wildman–Crippen LogP) is 4.06. The van der Waals surface area contributed by atoms with Gasteiger partial charge >= 0.3 is 0 Å². The quantitative estimate of drug-likeness (QED) is 0.647. The number of hydrogen-bond donors (Lipinski definition) is 0. The van der Waals surface area contributed by atoms with Crippen molar-refractivity contribution in [3.05, 3.63) is 53.7 Å². The van der Waals surface area contributed by atoms with Crippen molar-refractivity contribution < 1.29 is 0 Å². The van der Waals surface area contributed by atoms with Gasteiger partial charge in [-0.2, -0.15) is 0 Å². The third-order valence-electron chi connectivity index (χ3n) is 2.27. The fourth-order valence-electron chi connectivity index (χ4n) is 1.57. The van der Waals surface area contributed by atoms with E-state index in [-0.39, 0.29) is 0 Å². The summed E-state index contributed by atoms with van der Waals surface area (Å²) in [6, 6.07) is 10.6. The van der Waals surface area contributed by atoms with Gasteiger partial charge in [-0.05, 0) is 17.3 Å². The molecule has 0 N–H and O–H groups in total. The van der Waals surface area contributed by atoms with E-state index in [9.17, 15) is 0 Å². The van der Waals surface area contributed by atoms with E-state index in [1.165, 1.54) is 32.3 Å². The van der Waals surface area contributed by atoms with Gasteiger partial charge in [0.15, 0.2) is 0 Å². The summed E-state index contributed by atoms with van der Waals surface area (Å²) in [5.41, 5.74) is 2.80. The molecule has 0 fully saturated rings. The van der Waals surface area contributed by atoms with E-state index in [0.717, 1.165) is 0 Å². The summed E-state index contributed by atoms with van der Waals surface area (Å²) in [5, 5.41) is 1.55. The van der Waals surface area contributed by atoms with Crippen LogP contribution in [-0.2, 0) is 0 Å². The highest BCUT2D eigenvalue weighted by atomic mass is 31.1. The Balaban J connectivity index is 2.13. The van der Waals surface area contributed by atoms with Crippen LogP contribution in [-0.4, -0.2) is 5.29 Å². The highest BCUT2D eigenvalue weighted by Gasteiger charge is 2.11. The third kappa shape index (κ3) is 2.13. The lowest BCUT2D eigenvalue weighted by Gasteiger charge is -2.02. The highest BCUT2D eigenvalue weighted by Crippen LogP contribution is 2.34. The maximum absolute atomic E-state index is 2.27. The zero-order valence-electron chi connectivity index (χ0n) is 8.40. The second-order valence-corrected chi connectivity index (χ2v) is 4.72. The first-order valence-corrected chi connectivity index (χ1v) is 5.97. The van der Waals surface area contributed by atoms with Gasteiger partial charge in [0.1, 0.15) is 0 Å². The Morgan fingerprint density at radius 3 is 2.57 bits per heavy atom. The topological polar surface area (TPSA) is 0 Å². The highest BCUT2D eigenvalue weighted by molar-refractivity contribution is 7.46. The van der Waals surface area contributed by atoms with Gasteiger partial charge in [-0.25, -0.2) is 0 Å². The summed E-state index contributed by atoms with van der Waals surface area (Å²) >= 11 is 0. The van der Waals surface area contributed by atoms with Crippen LogP contribution >= 0.6 is 8.20 Å². The normalized spacial score (nSPS) is 17.1. The Labute approximate surface area is 87.5 Å². The summed E-state index contributed by atoms with van der Waals surface area (Å²) in [5.74, 6) is 0. The van der Waals surface area contributed by atoms with Gasteiger partial charge in [-0.3, -0.25) is 0 Å². The van der Waals surface area contributed by atoms with Crippen molar-refractivity contribution in [1.29, 1.82) is 0 Å². The Morgan fingerprint density at radius 2 is 1.86 bits per heavy atom. The van der Waals surface area contributed by atoms with Crippen molar-refractivity contribution in [3.8, 4) is 0 Å². The molecule has 1 aliphatic heterocycles. The minimum absolute atomic E-state index is 1.23. The van der Waals surface area contributed by atoms with Crippen molar-refractivity contribution in [1.82, 2.24) is 0 Å². The molecule has 0 atom stereocenters. The van der Waals surface area contributed by atoms with Crippen LogP contribution in [0.15, 0.2) is 42.5 Å². The minimum atomic E-state index is 1.23. The lowest BCUT2D eigenvalue weighted by molar-refractivity contribution is 1.01. The molecule has 14 heavy (non-hydrogen) atoms. The van der Waals surface area contributed by atoms with Crippen LogP contribution in [0.1, 0.15) is 25.3 Å². The summed E-state index contributed by atoms with van der Waals surface area (Å²) in [7, 11) is 1.40. The molecule has 1 heterocycles. The first-order chi connectivity index (χ1) is 6.90. The summed E-state index contributed by atoms with van der Waals surface area (Å²) in [4.78, 5) is 0. The molecule has 2 rings (SSSR count). The van der Waals surface area contributed by atoms with Gasteiger partial charge in [-0.1, -0.05) is 64.0 Å². The number of hydrogen-bond acceptors (Lipinski definition) is 0. The molecular weight excluding hydrogens is 187 g/mol. The Kier molecular flexibility index (Phi) is 3.16. The first-order valence-electron chi connectivity index (χ1n) is 5.08. The van der Waals surface area contributed by atoms with E-state index in [0.29, 0.717) is 0 Å². The maximum atomic E-state index is 2.27. The van der Waals surface area contributed by atoms with E-state index >= 15 is 0 Å². The molecule has 0 amide bonds. The average Bonchev–Trinajstić information content (AvgIpc) is 2.68. The maximum Gasteiger partial charge on any atom is 0.0763 e. The average molecular weight is 201 g/mol. The molecule has 0 aliphatic carbocycles. The summed E-state index contributed by atoms with van der Waals surface area (Å²) in [6.45, 7) is 2.23. The molecule has 1 heteroatoms. The lowest BCUT2D eigenvalue weighted by Crippen LogP contribution is -1.84. The van der Waals surface area contributed by atoms with Crippen molar-refractivity contribution in [2.24, 2.45) is 0 Å². The second-order valence-electron chi connectivity index (χ2n) is 3.44. The van der Waals surface area contributed by atoms with Crippen molar-refractivity contribution in [2.45, 2.75) is 19.8 Å². The van der Waals surface area contributed by atoms with E-state index in [1.807, 2.05) is 0 Å². The Hall–Kier alpha value is -0.870. The van der Waals surface area contributed by atoms with Crippen LogP contribution in [0.2, 0.25) is 0 Å².